The van der Waals surface area contributed by atoms with Crippen LogP contribution in [0.5, 0.6) is 0 Å². The first-order valence-corrected chi connectivity index (χ1v) is 6.16. The van der Waals surface area contributed by atoms with Gasteiger partial charge in [-0.2, -0.15) is 0 Å². The molecule has 0 saturated carbocycles. The molecule has 1 aromatic carbocycles. The Labute approximate surface area is 119 Å². The molecule has 20 heavy (non-hydrogen) atoms. The molecular weight excluding hydrogens is 288 g/mol. The summed E-state index contributed by atoms with van der Waals surface area (Å²) in [5.41, 5.74) is -0.608. The van der Waals surface area contributed by atoms with Crippen LogP contribution in [0.2, 0.25) is 5.02 Å². The van der Waals surface area contributed by atoms with Crippen molar-refractivity contribution in [3.05, 3.63) is 38.9 Å². The SMILES string of the molecule is CC(CCNC(=O)c1c(Cl)cccc1[N+](=O)[O-])C(=O)O. The van der Waals surface area contributed by atoms with Crippen LogP contribution in [-0.4, -0.2) is 28.5 Å². The number of nitro groups is 1. The van der Waals surface area contributed by atoms with Crippen LogP contribution in [-0.2, 0) is 4.79 Å². The van der Waals surface area contributed by atoms with Gasteiger partial charge < -0.3 is 10.4 Å². The molecule has 0 saturated heterocycles. The highest BCUT2D eigenvalue weighted by Gasteiger charge is 2.23. The minimum absolute atomic E-state index is 0.0250. The van der Waals surface area contributed by atoms with Crippen molar-refractivity contribution < 1.29 is 19.6 Å². The first-order chi connectivity index (χ1) is 9.34. The molecule has 0 heterocycles. The number of nitro benzene ring substituents is 1. The van der Waals surface area contributed by atoms with E-state index < -0.39 is 22.7 Å². The van der Waals surface area contributed by atoms with Gasteiger partial charge in [0.05, 0.1) is 15.9 Å². The third-order valence-corrected chi connectivity index (χ3v) is 3.01. The number of halogens is 1. The molecule has 8 heteroatoms. The number of carboxylic acid groups (broad SMARTS) is 1. The molecule has 0 aliphatic heterocycles. The molecule has 0 radical (unpaired) electrons. The van der Waals surface area contributed by atoms with Gasteiger partial charge in [-0.15, -0.1) is 0 Å². The Morgan fingerprint density at radius 3 is 2.70 bits per heavy atom. The number of nitrogens with zero attached hydrogens (tertiary/aromatic N) is 1. The molecular formula is C12H13ClN2O5. The summed E-state index contributed by atoms with van der Waals surface area (Å²) in [4.78, 5) is 32.7. The van der Waals surface area contributed by atoms with Gasteiger partial charge in [-0.05, 0) is 12.5 Å². The van der Waals surface area contributed by atoms with Crippen molar-refractivity contribution >= 4 is 29.2 Å². The fourth-order valence-electron chi connectivity index (χ4n) is 1.50. The topological polar surface area (TPSA) is 110 Å². The number of nitrogens with one attached hydrogen (secondary N) is 1. The monoisotopic (exact) mass is 300 g/mol. The minimum atomic E-state index is -0.969. The molecule has 1 unspecified atom stereocenters. The predicted molar refractivity (Wildman–Crippen MR) is 71.9 cm³/mol. The Balaban J connectivity index is 2.78. The Kier molecular flexibility index (Phi) is 5.45. The van der Waals surface area contributed by atoms with Gasteiger partial charge in [-0.3, -0.25) is 19.7 Å². The molecule has 108 valence electrons. The summed E-state index contributed by atoms with van der Waals surface area (Å²) < 4.78 is 0. The molecule has 0 aliphatic rings. The molecule has 1 aromatic rings. The molecule has 7 nitrogen and oxygen atoms in total. The summed E-state index contributed by atoms with van der Waals surface area (Å²) in [6.07, 6.45) is 0.222. The molecule has 1 rings (SSSR count). The summed E-state index contributed by atoms with van der Waals surface area (Å²) in [7, 11) is 0. The average molecular weight is 301 g/mol. The van der Waals surface area contributed by atoms with Crippen LogP contribution in [0.25, 0.3) is 0 Å². The van der Waals surface area contributed by atoms with Crippen molar-refractivity contribution in [2.24, 2.45) is 5.92 Å². The number of amides is 1. The van der Waals surface area contributed by atoms with Crippen LogP contribution in [0.4, 0.5) is 5.69 Å². The second-order valence-corrected chi connectivity index (χ2v) is 4.58. The van der Waals surface area contributed by atoms with Crippen LogP contribution in [0, 0.1) is 16.0 Å². The Hall–Kier alpha value is -2.15. The maximum Gasteiger partial charge on any atom is 0.306 e. The Bertz CT molecular complexity index is 547. The molecule has 0 fully saturated rings. The van der Waals surface area contributed by atoms with E-state index in [-0.39, 0.29) is 29.2 Å². The summed E-state index contributed by atoms with van der Waals surface area (Å²) in [6, 6.07) is 3.94. The van der Waals surface area contributed by atoms with Crippen molar-refractivity contribution in [2.75, 3.05) is 6.54 Å². The lowest BCUT2D eigenvalue weighted by atomic mass is 10.1. The Morgan fingerprint density at radius 2 is 2.15 bits per heavy atom. The van der Waals surface area contributed by atoms with Crippen molar-refractivity contribution in [3.8, 4) is 0 Å². The maximum absolute atomic E-state index is 11.9. The molecule has 2 N–H and O–H groups in total. The number of carboxylic acids is 1. The molecule has 0 aromatic heterocycles. The summed E-state index contributed by atoms with van der Waals surface area (Å²) in [6.45, 7) is 1.60. The summed E-state index contributed by atoms with van der Waals surface area (Å²) in [5.74, 6) is -2.28. The highest BCUT2D eigenvalue weighted by atomic mass is 35.5. The zero-order valence-corrected chi connectivity index (χ0v) is 11.4. The van der Waals surface area contributed by atoms with Crippen LogP contribution >= 0.6 is 11.6 Å². The zero-order valence-electron chi connectivity index (χ0n) is 10.6. The van der Waals surface area contributed by atoms with Gasteiger partial charge in [-0.1, -0.05) is 24.6 Å². The molecule has 0 spiro atoms. The number of rotatable bonds is 6. The first kappa shape index (κ1) is 15.9. The van der Waals surface area contributed by atoms with E-state index in [0.29, 0.717) is 0 Å². The highest BCUT2D eigenvalue weighted by molar-refractivity contribution is 6.34. The van der Waals surface area contributed by atoms with E-state index in [2.05, 4.69) is 5.32 Å². The minimum Gasteiger partial charge on any atom is -0.481 e. The zero-order chi connectivity index (χ0) is 15.3. The number of aliphatic carboxylic acids is 1. The van der Waals surface area contributed by atoms with E-state index in [9.17, 15) is 19.7 Å². The first-order valence-electron chi connectivity index (χ1n) is 5.78. The van der Waals surface area contributed by atoms with Crippen LogP contribution in [0.1, 0.15) is 23.7 Å². The number of hydrogen-bond acceptors (Lipinski definition) is 4. The number of carbonyl (C=O) groups excluding carboxylic acids is 1. The standard InChI is InChI=1S/C12H13ClN2O5/c1-7(12(17)18)5-6-14-11(16)10-8(13)3-2-4-9(10)15(19)20/h2-4,7H,5-6H2,1H3,(H,14,16)(H,17,18). The fourth-order valence-corrected chi connectivity index (χ4v) is 1.76. The van der Waals surface area contributed by atoms with Crippen molar-refractivity contribution in [3.63, 3.8) is 0 Å². The molecule has 1 amide bonds. The normalized spacial score (nSPS) is 11.7. The third kappa shape index (κ3) is 3.92. The molecule has 1 atom stereocenters. The number of carbonyl (C=O) groups is 2. The predicted octanol–water partition coefficient (Wildman–Crippen LogP) is 2.09. The average Bonchev–Trinajstić information content (AvgIpc) is 2.37. The van der Waals surface area contributed by atoms with E-state index in [1.165, 1.54) is 25.1 Å². The third-order valence-electron chi connectivity index (χ3n) is 2.70. The van der Waals surface area contributed by atoms with Crippen molar-refractivity contribution in [1.29, 1.82) is 0 Å². The lowest BCUT2D eigenvalue weighted by Crippen LogP contribution is -2.27. The number of hydrogen-bond donors (Lipinski definition) is 2. The fraction of sp³-hybridized carbons (Fsp3) is 0.333. The summed E-state index contributed by atoms with van der Waals surface area (Å²) >= 11 is 5.80. The van der Waals surface area contributed by atoms with Gasteiger partial charge >= 0.3 is 5.97 Å². The van der Waals surface area contributed by atoms with Gasteiger partial charge in [0, 0.05) is 12.6 Å². The Morgan fingerprint density at radius 1 is 1.50 bits per heavy atom. The van der Waals surface area contributed by atoms with Crippen LogP contribution in [0.15, 0.2) is 18.2 Å². The maximum atomic E-state index is 11.9. The quantitative estimate of drug-likeness (QED) is 0.617. The van der Waals surface area contributed by atoms with E-state index in [4.69, 9.17) is 16.7 Å². The van der Waals surface area contributed by atoms with E-state index >= 15 is 0 Å². The van der Waals surface area contributed by atoms with Crippen LogP contribution < -0.4 is 5.32 Å². The lowest BCUT2D eigenvalue weighted by molar-refractivity contribution is -0.385. The van der Waals surface area contributed by atoms with Crippen molar-refractivity contribution in [2.45, 2.75) is 13.3 Å². The largest absolute Gasteiger partial charge is 0.481 e. The van der Waals surface area contributed by atoms with Gasteiger partial charge in [-0.25, -0.2) is 0 Å². The number of benzene rings is 1. The summed E-state index contributed by atoms with van der Waals surface area (Å²) in [5, 5.41) is 21.9. The van der Waals surface area contributed by atoms with E-state index in [0.717, 1.165) is 0 Å². The molecule has 0 aliphatic carbocycles. The van der Waals surface area contributed by atoms with Gasteiger partial charge in [0.2, 0.25) is 0 Å². The second kappa shape index (κ2) is 6.85. The van der Waals surface area contributed by atoms with Crippen LogP contribution in [0.3, 0.4) is 0 Å². The van der Waals surface area contributed by atoms with Gasteiger partial charge in [0.25, 0.3) is 11.6 Å². The highest BCUT2D eigenvalue weighted by Crippen LogP contribution is 2.25. The van der Waals surface area contributed by atoms with Gasteiger partial charge in [0.15, 0.2) is 0 Å². The van der Waals surface area contributed by atoms with Crippen molar-refractivity contribution in [1.82, 2.24) is 5.32 Å². The second-order valence-electron chi connectivity index (χ2n) is 4.17. The van der Waals surface area contributed by atoms with Gasteiger partial charge in [0.1, 0.15) is 5.56 Å². The molecule has 0 bridgehead atoms. The van der Waals surface area contributed by atoms with E-state index in [1.54, 1.807) is 0 Å². The lowest BCUT2D eigenvalue weighted by Gasteiger charge is -2.09. The van der Waals surface area contributed by atoms with E-state index in [1.807, 2.05) is 0 Å². The smallest absolute Gasteiger partial charge is 0.306 e.